The van der Waals surface area contributed by atoms with Gasteiger partial charge in [0, 0.05) is 23.1 Å². The normalized spacial score (nSPS) is 31.8. The third kappa shape index (κ3) is 3.48. The van der Waals surface area contributed by atoms with E-state index in [1.165, 1.54) is 6.07 Å². The predicted octanol–water partition coefficient (Wildman–Crippen LogP) is 0.0566. The minimum Gasteiger partial charge on any atom is -0.507 e. The number of carbonyl (C=O) groups is 3. The molecule has 1 amide bonds. The Kier molecular flexibility index (Phi) is 5.88. The van der Waals surface area contributed by atoms with Crippen molar-refractivity contribution in [3.8, 4) is 17.6 Å². The third-order valence-corrected chi connectivity index (χ3v) is 7.38. The van der Waals surface area contributed by atoms with Gasteiger partial charge < -0.3 is 31.1 Å². The molecule has 184 valence electrons. The summed E-state index contributed by atoms with van der Waals surface area (Å²) in [5.74, 6) is -1.84. The Morgan fingerprint density at radius 1 is 1.26 bits per heavy atom. The number of primary amides is 1. The number of aliphatic hydroxyl groups is 3. The van der Waals surface area contributed by atoms with Crippen molar-refractivity contribution in [3.05, 3.63) is 46.5 Å². The van der Waals surface area contributed by atoms with Gasteiger partial charge in [-0.2, -0.15) is 0 Å². The topological polar surface area (TPSA) is 161 Å². The Morgan fingerprint density at radius 3 is 2.49 bits per heavy atom. The van der Waals surface area contributed by atoms with Crippen molar-refractivity contribution in [3.63, 3.8) is 0 Å². The van der Waals surface area contributed by atoms with Crippen LogP contribution in [-0.2, 0) is 20.8 Å². The van der Waals surface area contributed by atoms with Gasteiger partial charge in [0.05, 0.1) is 11.7 Å². The molecular formula is C26H28N2O7. The smallest absolute Gasteiger partial charge is 0.230 e. The van der Waals surface area contributed by atoms with E-state index < -0.39 is 58.7 Å². The number of amides is 1. The highest BCUT2D eigenvalue weighted by Crippen LogP contribution is 2.52. The minimum absolute atomic E-state index is 0.0130. The molecule has 0 radical (unpaired) electrons. The number of likely N-dealkylation sites (N-methyl/N-ethyl adjacent to an activating group) is 1. The second kappa shape index (κ2) is 8.34. The lowest BCUT2D eigenvalue weighted by molar-refractivity contribution is -0.184. The van der Waals surface area contributed by atoms with Crippen LogP contribution in [0.1, 0.15) is 30.0 Å². The fraction of sp³-hybridized carbons (Fsp3) is 0.423. The SMILES string of the molecule is C=C(C)C#Cc1ccc(O)c2c1CC1C[C@H]3[C@H](N(C)C)C(O)C(C(N)=O)C(=O)[C@@]3(O)C(=O)C1=C2O. The summed E-state index contributed by atoms with van der Waals surface area (Å²) in [6.45, 7) is 5.49. The zero-order chi connectivity index (χ0) is 26.0. The molecule has 6 N–H and O–H groups in total. The maximum atomic E-state index is 13.7. The van der Waals surface area contributed by atoms with Gasteiger partial charge in [0.25, 0.3) is 0 Å². The van der Waals surface area contributed by atoms with Crippen LogP contribution >= 0.6 is 0 Å². The number of rotatable bonds is 2. The molecule has 35 heavy (non-hydrogen) atoms. The Hall–Kier alpha value is -3.45. The van der Waals surface area contributed by atoms with Crippen LogP contribution < -0.4 is 5.73 Å². The number of nitrogens with two attached hydrogens (primary N) is 1. The monoisotopic (exact) mass is 480 g/mol. The van der Waals surface area contributed by atoms with Gasteiger partial charge >= 0.3 is 0 Å². The van der Waals surface area contributed by atoms with Crippen LogP contribution in [-0.4, -0.2) is 74.6 Å². The lowest BCUT2D eigenvalue weighted by Crippen LogP contribution is -2.73. The fourth-order valence-electron chi connectivity index (χ4n) is 5.90. The van der Waals surface area contributed by atoms with Crippen molar-refractivity contribution in [2.45, 2.75) is 37.5 Å². The molecule has 0 aromatic heterocycles. The minimum atomic E-state index is -2.67. The Labute approximate surface area is 202 Å². The predicted molar refractivity (Wildman–Crippen MR) is 126 cm³/mol. The molecule has 3 aliphatic carbocycles. The number of ketones is 2. The van der Waals surface area contributed by atoms with Gasteiger partial charge in [0.15, 0.2) is 11.4 Å². The average molecular weight is 481 g/mol. The second-order valence-corrected chi connectivity index (χ2v) is 9.81. The van der Waals surface area contributed by atoms with E-state index >= 15 is 0 Å². The van der Waals surface area contributed by atoms with Crippen LogP contribution in [0.2, 0.25) is 0 Å². The van der Waals surface area contributed by atoms with Crippen molar-refractivity contribution >= 4 is 23.2 Å². The first-order valence-corrected chi connectivity index (χ1v) is 11.2. The van der Waals surface area contributed by atoms with Gasteiger partial charge in [-0.25, -0.2) is 0 Å². The van der Waals surface area contributed by atoms with Crippen LogP contribution in [0, 0.1) is 29.6 Å². The maximum Gasteiger partial charge on any atom is 0.230 e. The van der Waals surface area contributed by atoms with Gasteiger partial charge in [0.2, 0.25) is 11.7 Å². The number of hydrogen-bond donors (Lipinski definition) is 5. The molecule has 9 nitrogen and oxygen atoms in total. The molecule has 2 saturated carbocycles. The summed E-state index contributed by atoms with van der Waals surface area (Å²) in [4.78, 5) is 40.6. The summed E-state index contributed by atoms with van der Waals surface area (Å²) in [7, 11) is 3.21. The summed E-state index contributed by atoms with van der Waals surface area (Å²) < 4.78 is 0. The summed E-state index contributed by atoms with van der Waals surface area (Å²) in [5.41, 5.74) is 4.21. The number of aromatic hydroxyl groups is 1. The van der Waals surface area contributed by atoms with Crippen LogP contribution in [0.25, 0.3) is 5.76 Å². The van der Waals surface area contributed by atoms with E-state index in [9.17, 15) is 34.8 Å². The maximum absolute atomic E-state index is 13.7. The number of phenolic OH excluding ortho intramolecular Hbond substituents is 1. The summed E-state index contributed by atoms with van der Waals surface area (Å²) in [5, 5.41) is 44.1. The molecule has 3 unspecified atom stereocenters. The van der Waals surface area contributed by atoms with Crippen molar-refractivity contribution in [1.29, 1.82) is 0 Å². The Balaban J connectivity index is 1.93. The molecule has 1 aromatic carbocycles. The summed E-state index contributed by atoms with van der Waals surface area (Å²) in [6.07, 6.45) is -1.27. The average Bonchev–Trinajstić information content (AvgIpc) is 2.75. The standard InChI is InChI=1S/C26H28N2O7/c1-11(2)5-6-12-7-8-16(29)18-14(12)9-13-10-15-20(28(3)4)22(31)19(25(27)34)24(33)26(15,35)23(32)17(13)21(18)30/h7-8,13,15,19-20,22,29-31,35H,1,9-10H2,2-4H3,(H2,27,34)/t13?,15-,19?,20-,22?,26-/m0/s1. The Morgan fingerprint density at radius 2 is 1.91 bits per heavy atom. The van der Waals surface area contributed by atoms with E-state index in [1.807, 2.05) is 0 Å². The lowest BCUT2D eigenvalue weighted by Gasteiger charge is -2.53. The Bertz CT molecular complexity index is 1270. The molecule has 1 aromatic rings. The van der Waals surface area contributed by atoms with E-state index in [0.717, 1.165) is 0 Å². The van der Waals surface area contributed by atoms with Crippen molar-refractivity contribution in [1.82, 2.24) is 4.90 Å². The van der Waals surface area contributed by atoms with E-state index in [4.69, 9.17) is 5.73 Å². The first-order chi connectivity index (χ1) is 16.3. The van der Waals surface area contributed by atoms with Crippen LogP contribution in [0.4, 0.5) is 0 Å². The van der Waals surface area contributed by atoms with E-state index in [1.54, 1.807) is 32.0 Å². The van der Waals surface area contributed by atoms with Crippen LogP contribution in [0.15, 0.2) is 29.9 Å². The van der Waals surface area contributed by atoms with Crippen molar-refractivity contribution < 1.29 is 34.8 Å². The number of allylic oxidation sites excluding steroid dienone is 1. The van der Waals surface area contributed by atoms with E-state index in [0.29, 0.717) is 16.7 Å². The fourth-order valence-corrected chi connectivity index (χ4v) is 5.90. The molecule has 9 heteroatoms. The zero-order valence-corrected chi connectivity index (χ0v) is 19.7. The lowest BCUT2D eigenvalue weighted by atomic mass is 9.54. The molecule has 0 saturated heterocycles. The van der Waals surface area contributed by atoms with Crippen molar-refractivity contribution in [2.75, 3.05) is 14.1 Å². The molecule has 2 fully saturated rings. The number of fused-ring (bicyclic) bond motifs is 3. The highest BCUT2D eigenvalue weighted by Gasteiger charge is 2.67. The van der Waals surface area contributed by atoms with E-state index in [2.05, 4.69) is 18.4 Å². The highest BCUT2D eigenvalue weighted by molar-refractivity contribution is 6.25. The molecule has 0 aliphatic heterocycles. The number of Topliss-reactive ketones (excluding diaryl/α,β-unsaturated/α-hetero) is 2. The second-order valence-electron chi connectivity index (χ2n) is 9.81. The molecule has 0 bridgehead atoms. The van der Waals surface area contributed by atoms with Crippen molar-refractivity contribution in [2.24, 2.45) is 23.5 Å². The number of aliphatic hydroxyl groups excluding tert-OH is 2. The summed E-state index contributed by atoms with van der Waals surface area (Å²) >= 11 is 0. The zero-order valence-electron chi connectivity index (χ0n) is 19.7. The van der Waals surface area contributed by atoms with Gasteiger partial charge in [0.1, 0.15) is 17.4 Å². The first kappa shape index (κ1) is 24.7. The van der Waals surface area contributed by atoms with Crippen LogP contribution in [0.5, 0.6) is 5.75 Å². The molecule has 3 aliphatic rings. The third-order valence-electron chi connectivity index (χ3n) is 7.38. The number of phenols is 1. The number of carbonyl (C=O) groups excluding carboxylic acids is 3. The van der Waals surface area contributed by atoms with E-state index in [-0.39, 0.29) is 29.7 Å². The summed E-state index contributed by atoms with van der Waals surface area (Å²) in [6, 6.07) is 2.02. The number of benzene rings is 1. The number of nitrogens with zero attached hydrogens (tertiary/aromatic N) is 1. The molecule has 0 spiro atoms. The highest BCUT2D eigenvalue weighted by atomic mass is 16.3. The molecule has 0 heterocycles. The molecular weight excluding hydrogens is 452 g/mol. The van der Waals surface area contributed by atoms with Gasteiger partial charge in [-0.3, -0.25) is 14.4 Å². The van der Waals surface area contributed by atoms with Gasteiger partial charge in [-0.1, -0.05) is 18.4 Å². The molecule has 6 atom stereocenters. The quantitative estimate of drug-likeness (QED) is 0.293. The van der Waals surface area contributed by atoms with Gasteiger partial charge in [-0.15, -0.1) is 0 Å². The largest absolute Gasteiger partial charge is 0.507 e. The molecule has 4 rings (SSSR count). The first-order valence-electron chi connectivity index (χ1n) is 11.2. The van der Waals surface area contributed by atoms with Gasteiger partial charge in [-0.05, 0) is 63.0 Å². The number of hydrogen-bond acceptors (Lipinski definition) is 8. The van der Waals surface area contributed by atoms with Crippen LogP contribution in [0.3, 0.4) is 0 Å².